The molecule has 0 spiro atoms. The van der Waals surface area contributed by atoms with Gasteiger partial charge in [0.2, 0.25) is 0 Å². The van der Waals surface area contributed by atoms with Gasteiger partial charge in [-0.2, -0.15) is 0 Å². The molecular formula is C20H34. The maximum atomic E-state index is 3.94. The summed E-state index contributed by atoms with van der Waals surface area (Å²) in [7, 11) is 0. The second-order valence-electron chi connectivity index (χ2n) is 6.31. The van der Waals surface area contributed by atoms with E-state index in [1.54, 1.807) is 0 Å². The Morgan fingerprint density at radius 2 is 1.70 bits per heavy atom. The van der Waals surface area contributed by atoms with Crippen LogP contribution in [0.15, 0.2) is 48.1 Å². The number of hydrogen-bond donors (Lipinski definition) is 0. The summed E-state index contributed by atoms with van der Waals surface area (Å²) < 4.78 is 0. The molecule has 0 saturated carbocycles. The molecule has 1 atom stereocenters. The third-order valence-electron chi connectivity index (χ3n) is 3.73. The molecule has 0 heterocycles. The summed E-state index contributed by atoms with van der Waals surface area (Å²) >= 11 is 0. The molecule has 0 radical (unpaired) electrons. The van der Waals surface area contributed by atoms with Crippen LogP contribution in [0.3, 0.4) is 0 Å². The van der Waals surface area contributed by atoms with E-state index < -0.39 is 0 Å². The highest BCUT2D eigenvalue weighted by Gasteiger charge is 2.01. The fourth-order valence-corrected chi connectivity index (χ4v) is 2.24. The summed E-state index contributed by atoms with van der Waals surface area (Å²) in [6.45, 7) is 16.7. The van der Waals surface area contributed by atoms with E-state index in [9.17, 15) is 0 Å². The molecule has 0 aliphatic carbocycles. The third-order valence-corrected chi connectivity index (χ3v) is 3.73. The zero-order valence-corrected chi connectivity index (χ0v) is 14.2. The predicted octanol–water partition coefficient (Wildman–Crippen LogP) is 7.01. The molecule has 0 unspecified atom stereocenters. The standard InChI is InChI=1S/C20H34/c1-7-18(4)12-9-14-20(6)16-10-15-19(5)13-8-11-17(2)3/h7,11,14,19H,1,4,8-10,12-13,15-16H2,2-3,5-6H3/b20-14+/t19-/m1/s1. The zero-order valence-electron chi connectivity index (χ0n) is 14.2. The van der Waals surface area contributed by atoms with Crippen molar-refractivity contribution in [2.75, 3.05) is 0 Å². The van der Waals surface area contributed by atoms with Gasteiger partial charge in [0.25, 0.3) is 0 Å². The van der Waals surface area contributed by atoms with Crippen LogP contribution in [0.25, 0.3) is 0 Å². The van der Waals surface area contributed by atoms with Gasteiger partial charge in [-0.3, -0.25) is 0 Å². The lowest BCUT2D eigenvalue weighted by atomic mass is 9.96. The maximum Gasteiger partial charge on any atom is -0.0250 e. The van der Waals surface area contributed by atoms with Gasteiger partial charge in [0, 0.05) is 0 Å². The molecule has 0 N–H and O–H groups in total. The van der Waals surface area contributed by atoms with E-state index in [1.165, 1.54) is 43.3 Å². The molecule has 0 heteroatoms. The summed E-state index contributed by atoms with van der Waals surface area (Å²) in [6.07, 6.45) is 15.2. The van der Waals surface area contributed by atoms with E-state index in [1.807, 2.05) is 6.08 Å². The van der Waals surface area contributed by atoms with Crippen LogP contribution in [0.5, 0.6) is 0 Å². The van der Waals surface area contributed by atoms with Gasteiger partial charge in [-0.05, 0) is 65.2 Å². The first-order chi connectivity index (χ1) is 9.45. The minimum Gasteiger partial charge on any atom is -0.0988 e. The van der Waals surface area contributed by atoms with E-state index >= 15 is 0 Å². The highest BCUT2D eigenvalue weighted by Crippen LogP contribution is 2.18. The summed E-state index contributed by atoms with van der Waals surface area (Å²) in [4.78, 5) is 0. The van der Waals surface area contributed by atoms with Crippen molar-refractivity contribution >= 4 is 0 Å². The van der Waals surface area contributed by atoms with Gasteiger partial charge in [-0.15, -0.1) is 0 Å². The Morgan fingerprint density at radius 1 is 1.00 bits per heavy atom. The molecule has 0 aromatic rings. The van der Waals surface area contributed by atoms with Crippen LogP contribution in [0.2, 0.25) is 0 Å². The van der Waals surface area contributed by atoms with E-state index in [-0.39, 0.29) is 0 Å². The second-order valence-corrected chi connectivity index (χ2v) is 6.31. The Balaban J connectivity index is 3.71. The quantitative estimate of drug-likeness (QED) is 0.281. The van der Waals surface area contributed by atoms with Crippen LogP contribution in [-0.2, 0) is 0 Å². The van der Waals surface area contributed by atoms with Crippen molar-refractivity contribution in [1.82, 2.24) is 0 Å². The molecule has 114 valence electrons. The first-order valence-electron chi connectivity index (χ1n) is 8.05. The molecule has 0 aromatic heterocycles. The van der Waals surface area contributed by atoms with E-state index in [4.69, 9.17) is 0 Å². The number of hydrogen-bond acceptors (Lipinski definition) is 0. The Labute approximate surface area is 127 Å². The van der Waals surface area contributed by atoms with Gasteiger partial charge in [-0.25, -0.2) is 0 Å². The molecule has 0 rings (SSSR count). The fourth-order valence-electron chi connectivity index (χ4n) is 2.24. The van der Waals surface area contributed by atoms with E-state index in [0.29, 0.717) is 0 Å². The third kappa shape index (κ3) is 12.0. The summed E-state index contributed by atoms with van der Waals surface area (Å²) in [5, 5.41) is 0. The van der Waals surface area contributed by atoms with Crippen LogP contribution >= 0.6 is 0 Å². The van der Waals surface area contributed by atoms with Crippen LogP contribution in [-0.4, -0.2) is 0 Å². The van der Waals surface area contributed by atoms with E-state index in [2.05, 4.69) is 53.0 Å². The molecule has 0 fully saturated rings. The molecule has 0 amide bonds. The van der Waals surface area contributed by atoms with Crippen molar-refractivity contribution in [2.24, 2.45) is 5.92 Å². The smallest absolute Gasteiger partial charge is 0.0250 e. The van der Waals surface area contributed by atoms with E-state index in [0.717, 1.165) is 24.3 Å². The van der Waals surface area contributed by atoms with Gasteiger partial charge >= 0.3 is 0 Å². The minimum atomic E-state index is 0.846. The lowest BCUT2D eigenvalue weighted by Gasteiger charge is -2.10. The van der Waals surface area contributed by atoms with Gasteiger partial charge in [0.15, 0.2) is 0 Å². The van der Waals surface area contributed by atoms with Crippen molar-refractivity contribution in [3.8, 4) is 0 Å². The van der Waals surface area contributed by atoms with Crippen molar-refractivity contribution in [3.05, 3.63) is 48.1 Å². The fraction of sp³-hybridized carbons (Fsp3) is 0.600. The van der Waals surface area contributed by atoms with Gasteiger partial charge in [-0.1, -0.05) is 61.4 Å². The molecule has 20 heavy (non-hydrogen) atoms. The minimum absolute atomic E-state index is 0.846. The van der Waals surface area contributed by atoms with Gasteiger partial charge < -0.3 is 0 Å². The Kier molecular flexibility index (Phi) is 11.1. The average molecular weight is 274 g/mol. The molecular weight excluding hydrogens is 240 g/mol. The molecule has 0 saturated heterocycles. The molecule has 0 nitrogen and oxygen atoms in total. The molecule has 0 aromatic carbocycles. The molecule has 0 bridgehead atoms. The lowest BCUT2D eigenvalue weighted by molar-refractivity contribution is 0.478. The first kappa shape index (κ1) is 19.0. The monoisotopic (exact) mass is 274 g/mol. The van der Waals surface area contributed by atoms with Crippen molar-refractivity contribution < 1.29 is 0 Å². The first-order valence-corrected chi connectivity index (χ1v) is 8.05. The van der Waals surface area contributed by atoms with Crippen molar-refractivity contribution in [2.45, 2.75) is 72.6 Å². The zero-order chi connectivity index (χ0) is 15.4. The SMILES string of the molecule is C=CC(=C)CC/C=C(\C)CCC[C@H](C)CCC=C(C)C. The highest BCUT2D eigenvalue weighted by atomic mass is 14.1. The van der Waals surface area contributed by atoms with Crippen molar-refractivity contribution in [3.63, 3.8) is 0 Å². The topological polar surface area (TPSA) is 0 Å². The van der Waals surface area contributed by atoms with Crippen LogP contribution in [0, 0.1) is 5.92 Å². The van der Waals surface area contributed by atoms with Crippen LogP contribution in [0.1, 0.15) is 72.6 Å². The second kappa shape index (κ2) is 11.8. The van der Waals surface area contributed by atoms with Gasteiger partial charge in [0.05, 0.1) is 0 Å². The summed E-state index contributed by atoms with van der Waals surface area (Å²) in [5.74, 6) is 0.846. The molecule has 0 aliphatic rings. The van der Waals surface area contributed by atoms with Crippen molar-refractivity contribution in [1.29, 1.82) is 0 Å². The summed E-state index contributed by atoms with van der Waals surface area (Å²) in [5.41, 5.74) is 4.11. The predicted molar refractivity (Wildman–Crippen MR) is 94.0 cm³/mol. The average Bonchev–Trinajstić information content (AvgIpc) is 2.38. The maximum absolute atomic E-state index is 3.94. The molecule has 0 aliphatic heterocycles. The normalized spacial score (nSPS) is 12.9. The summed E-state index contributed by atoms with van der Waals surface area (Å²) in [6, 6.07) is 0. The number of allylic oxidation sites excluding steroid dienone is 6. The van der Waals surface area contributed by atoms with Gasteiger partial charge in [0.1, 0.15) is 0 Å². The highest BCUT2D eigenvalue weighted by molar-refractivity contribution is 5.12. The number of rotatable bonds is 11. The van der Waals surface area contributed by atoms with Crippen LogP contribution in [0.4, 0.5) is 0 Å². The van der Waals surface area contributed by atoms with Crippen LogP contribution < -0.4 is 0 Å². The lowest BCUT2D eigenvalue weighted by Crippen LogP contribution is -1.94. The Bertz CT molecular complexity index is 337. The Morgan fingerprint density at radius 3 is 2.30 bits per heavy atom. The Hall–Kier alpha value is -1.04. The largest absolute Gasteiger partial charge is 0.0988 e.